The van der Waals surface area contributed by atoms with Gasteiger partial charge in [0.15, 0.2) is 0 Å². The van der Waals surface area contributed by atoms with Crippen LogP contribution in [0, 0.1) is 5.82 Å². The molecule has 3 aromatic rings. The largest absolute Gasteiger partial charge is 0.367 e. The van der Waals surface area contributed by atoms with Gasteiger partial charge in [-0.3, -0.25) is 4.40 Å². The van der Waals surface area contributed by atoms with Gasteiger partial charge in [-0.05, 0) is 65.2 Å². The molecule has 3 nitrogen and oxygen atoms in total. The fraction of sp³-hybridized carbons (Fsp3) is 0.316. The smallest absolute Gasteiger partial charge is 0.139 e. The molecule has 2 aromatic heterocycles. The van der Waals surface area contributed by atoms with Crippen molar-refractivity contribution in [2.45, 2.75) is 38.1 Å². The molecule has 0 spiro atoms. The number of nitrogens with one attached hydrogen (secondary N) is 1. The summed E-state index contributed by atoms with van der Waals surface area (Å²) in [6, 6.07) is 11.0. The van der Waals surface area contributed by atoms with Crippen molar-refractivity contribution in [3.8, 4) is 11.3 Å². The summed E-state index contributed by atoms with van der Waals surface area (Å²) in [6.07, 6.45) is 8.25. The average Bonchev–Trinajstić information content (AvgIpc) is 2.94. The summed E-state index contributed by atoms with van der Waals surface area (Å²) < 4.78 is 16.4. The van der Waals surface area contributed by atoms with Crippen LogP contribution in [0.5, 0.6) is 0 Å². The van der Waals surface area contributed by atoms with Crippen LogP contribution in [0.4, 0.5) is 10.2 Å². The van der Waals surface area contributed by atoms with Crippen LogP contribution in [0.15, 0.2) is 47.1 Å². The van der Waals surface area contributed by atoms with E-state index in [2.05, 4.69) is 25.6 Å². The molecule has 0 amide bonds. The average molecular weight is 388 g/mol. The highest BCUT2D eigenvalue weighted by molar-refractivity contribution is 9.10. The number of fused-ring (bicyclic) bond motifs is 1. The third kappa shape index (κ3) is 3.05. The van der Waals surface area contributed by atoms with E-state index < -0.39 is 0 Å². The van der Waals surface area contributed by atoms with Crippen LogP contribution in [-0.2, 0) is 0 Å². The number of halogens is 2. The maximum atomic E-state index is 13.3. The van der Waals surface area contributed by atoms with E-state index in [0.717, 1.165) is 27.2 Å². The summed E-state index contributed by atoms with van der Waals surface area (Å²) in [7, 11) is 0. The Morgan fingerprint density at radius 2 is 1.79 bits per heavy atom. The SMILES string of the molecule is Fc1ccc(-c2nc3ccc(Br)cn3c2NC2CCCCC2)cc1. The van der Waals surface area contributed by atoms with Crippen molar-refractivity contribution < 1.29 is 4.39 Å². The highest BCUT2D eigenvalue weighted by atomic mass is 79.9. The van der Waals surface area contributed by atoms with Gasteiger partial charge in [-0.2, -0.15) is 0 Å². The molecule has 5 heteroatoms. The zero-order valence-corrected chi connectivity index (χ0v) is 14.9. The van der Waals surface area contributed by atoms with Gasteiger partial charge in [-0.1, -0.05) is 19.3 Å². The van der Waals surface area contributed by atoms with Crippen molar-refractivity contribution in [3.63, 3.8) is 0 Å². The Hall–Kier alpha value is -1.88. The molecule has 0 aliphatic heterocycles. The summed E-state index contributed by atoms with van der Waals surface area (Å²) in [5.74, 6) is 0.761. The topological polar surface area (TPSA) is 29.3 Å². The zero-order valence-electron chi connectivity index (χ0n) is 13.3. The van der Waals surface area contributed by atoms with Gasteiger partial charge in [0, 0.05) is 22.3 Å². The molecule has 24 heavy (non-hydrogen) atoms. The summed E-state index contributed by atoms with van der Waals surface area (Å²) in [4.78, 5) is 4.78. The summed E-state index contributed by atoms with van der Waals surface area (Å²) >= 11 is 3.54. The Bertz CT molecular complexity index is 851. The first kappa shape index (κ1) is 15.6. The predicted molar refractivity (Wildman–Crippen MR) is 98.8 cm³/mol. The van der Waals surface area contributed by atoms with E-state index in [1.54, 1.807) is 12.1 Å². The summed E-state index contributed by atoms with van der Waals surface area (Å²) in [5.41, 5.74) is 2.68. The number of hydrogen-bond donors (Lipinski definition) is 1. The lowest BCUT2D eigenvalue weighted by molar-refractivity contribution is 0.462. The van der Waals surface area contributed by atoms with E-state index in [0.29, 0.717) is 6.04 Å². The molecule has 1 N–H and O–H groups in total. The van der Waals surface area contributed by atoms with Crippen LogP contribution in [0.3, 0.4) is 0 Å². The van der Waals surface area contributed by atoms with Gasteiger partial charge >= 0.3 is 0 Å². The van der Waals surface area contributed by atoms with Crippen molar-refractivity contribution in [3.05, 3.63) is 52.9 Å². The van der Waals surface area contributed by atoms with Crippen LogP contribution >= 0.6 is 15.9 Å². The number of benzene rings is 1. The monoisotopic (exact) mass is 387 g/mol. The van der Waals surface area contributed by atoms with Gasteiger partial charge < -0.3 is 5.32 Å². The molecular weight excluding hydrogens is 369 g/mol. The Balaban J connectivity index is 1.81. The lowest BCUT2D eigenvalue weighted by Gasteiger charge is -2.24. The first-order valence-corrected chi connectivity index (χ1v) is 9.20. The van der Waals surface area contributed by atoms with Crippen molar-refractivity contribution in [2.24, 2.45) is 0 Å². The first-order chi connectivity index (χ1) is 11.7. The second-order valence-corrected chi connectivity index (χ2v) is 7.29. The molecule has 0 atom stereocenters. The third-order valence-corrected chi connectivity index (χ3v) is 5.12. The van der Waals surface area contributed by atoms with E-state index in [4.69, 9.17) is 4.98 Å². The second-order valence-electron chi connectivity index (χ2n) is 6.37. The third-order valence-electron chi connectivity index (χ3n) is 4.65. The maximum Gasteiger partial charge on any atom is 0.139 e. The van der Waals surface area contributed by atoms with E-state index in [1.807, 2.05) is 18.3 Å². The van der Waals surface area contributed by atoms with Crippen LogP contribution in [0.25, 0.3) is 16.9 Å². The minimum Gasteiger partial charge on any atom is -0.367 e. The molecule has 124 valence electrons. The standard InChI is InChI=1S/C19H19BrFN3/c20-14-8-11-17-23-18(13-6-9-15(21)10-7-13)19(24(17)12-14)22-16-4-2-1-3-5-16/h6-12,16,22H,1-5H2. The quantitative estimate of drug-likeness (QED) is 0.629. The fourth-order valence-corrected chi connectivity index (χ4v) is 3.74. The molecule has 1 aliphatic carbocycles. The number of nitrogens with zero attached hydrogens (tertiary/aromatic N) is 2. The Morgan fingerprint density at radius 3 is 2.54 bits per heavy atom. The van der Waals surface area contributed by atoms with Crippen LogP contribution in [-0.4, -0.2) is 15.4 Å². The maximum absolute atomic E-state index is 13.3. The molecule has 4 rings (SSSR count). The minimum atomic E-state index is -0.230. The van der Waals surface area contributed by atoms with Gasteiger partial charge in [-0.25, -0.2) is 9.37 Å². The Labute approximate surface area is 149 Å². The second kappa shape index (κ2) is 6.55. The van der Waals surface area contributed by atoms with Crippen molar-refractivity contribution >= 4 is 27.4 Å². The molecule has 1 saturated carbocycles. The van der Waals surface area contributed by atoms with Crippen LogP contribution in [0.1, 0.15) is 32.1 Å². The molecule has 1 fully saturated rings. The highest BCUT2D eigenvalue weighted by Gasteiger charge is 2.19. The van der Waals surface area contributed by atoms with E-state index in [9.17, 15) is 4.39 Å². The molecule has 0 bridgehead atoms. The van der Waals surface area contributed by atoms with E-state index >= 15 is 0 Å². The van der Waals surface area contributed by atoms with E-state index in [1.165, 1.54) is 44.2 Å². The van der Waals surface area contributed by atoms with Gasteiger partial charge in [-0.15, -0.1) is 0 Å². The lowest BCUT2D eigenvalue weighted by atomic mass is 9.95. The summed E-state index contributed by atoms with van der Waals surface area (Å²) in [6.45, 7) is 0. The normalized spacial score (nSPS) is 15.8. The predicted octanol–water partition coefficient (Wildman–Crippen LogP) is 5.65. The number of anilines is 1. The van der Waals surface area contributed by atoms with Crippen molar-refractivity contribution in [1.82, 2.24) is 9.38 Å². The molecule has 0 saturated heterocycles. The highest BCUT2D eigenvalue weighted by Crippen LogP contribution is 2.32. The Kier molecular flexibility index (Phi) is 4.27. The Morgan fingerprint density at radius 1 is 1.04 bits per heavy atom. The minimum absolute atomic E-state index is 0.230. The van der Waals surface area contributed by atoms with Crippen LogP contribution < -0.4 is 5.32 Å². The van der Waals surface area contributed by atoms with E-state index in [-0.39, 0.29) is 5.82 Å². The van der Waals surface area contributed by atoms with Crippen LogP contribution in [0.2, 0.25) is 0 Å². The number of hydrogen-bond acceptors (Lipinski definition) is 2. The molecule has 1 aliphatic rings. The molecule has 2 heterocycles. The zero-order chi connectivity index (χ0) is 16.5. The van der Waals surface area contributed by atoms with Gasteiger partial charge in [0.2, 0.25) is 0 Å². The van der Waals surface area contributed by atoms with Crippen molar-refractivity contribution in [1.29, 1.82) is 0 Å². The molecule has 0 radical (unpaired) electrons. The molecule has 1 aromatic carbocycles. The fourth-order valence-electron chi connectivity index (χ4n) is 3.41. The first-order valence-electron chi connectivity index (χ1n) is 8.41. The lowest BCUT2D eigenvalue weighted by Crippen LogP contribution is -2.23. The number of pyridine rings is 1. The molecule has 0 unspecified atom stereocenters. The number of imidazole rings is 1. The summed E-state index contributed by atoms with van der Waals surface area (Å²) in [5, 5.41) is 3.70. The van der Waals surface area contributed by atoms with Gasteiger partial charge in [0.1, 0.15) is 23.0 Å². The van der Waals surface area contributed by atoms with Gasteiger partial charge in [0.25, 0.3) is 0 Å². The molecular formula is C19H19BrFN3. The number of rotatable bonds is 3. The van der Waals surface area contributed by atoms with Crippen molar-refractivity contribution in [2.75, 3.05) is 5.32 Å². The van der Waals surface area contributed by atoms with Gasteiger partial charge in [0.05, 0.1) is 0 Å². The number of aromatic nitrogens is 2.